The molecule has 0 radical (unpaired) electrons. The zero-order chi connectivity index (χ0) is 14.8. The number of fused-ring (bicyclic) bond motifs is 1. The molecular formula is C14H16N6O. The first kappa shape index (κ1) is 13.3. The molecule has 0 fully saturated rings. The summed E-state index contributed by atoms with van der Waals surface area (Å²) >= 11 is 0. The molecule has 0 aliphatic heterocycles. The lowest BCUT2D eigenvalue weighted by Crippen LogP contribution is -2.11. The molecule has 1 aromatic carbocycles. The van der Waals surface area contributed by atoms with Gasteiger partial charge in [0.25, 0.3) is 0 Å². The molecule has 0 saturated carbocycles. The molecule has 0 aliphatic carbocycles. The number of aryl methyl sites for hydroxylation is 1. The van der Waals surface area contributed by atoms with Crippen molar-refractivity contribution < 1.29 is 4.74 Å². The largest absolute Gasteiger partial charge is 0.496 e. The van der Waals surface area contributed by atoms with Gasteiger partial charge in [-0.05, 0) is 42.5 Å². The van der Waals surface area contributed by atoms with E-state index >= 15 is 0 Å². The molecule has 7 heteroatoms. The summed E-state index contributed by atoms with van der Waals surface area (Å²) in [7, 11) is 1.67. The number of nitrogens with one attached hydrogen (secondary N) is 1. The Morgan fingerprint density at radius 2 is 2.10 bits per heavy atom. The van der Waals surface area contributed by atoms with Gasteiger partial charge < -0.3 is 10.1 Å². The lowest BCUT2D eigenvalue weighted by atomic mass is 10.0. The fourth-order valence-corrected chi connectivity index (χ4v) is 2.22. The van der Waals surface area contributed by atoms with Gasteiger partial charge in [-0.2, -0.15) is 0 Å². The second-order valence-electron chi connectivity index (χ2n) is 4.86. The molecule has 2 heterocycles. The summed E-state index contributed by atoms with van der Waals surface area (Å²) in [6.07, 6.45) is 0. The first-order valence-corrected chi connectivity index (χ1v) is 6.64. The molecular weight excluding hydrogens is 268 g/mol. The summed E-state index contributed by atoms with van der Waals surface area (Å²) < 4.78 is 6.81. The number of hydrogen-bond donors (Lipinski definition) is 1. The first-order valence-electron chi connectivity index (χ1n) is 6.64. The maximum Gasteiger partial charge on any atom is 0.200 e. The first-order chi connectivity index (χ1) is 10.2. The van der Waals surface area contributed by atoms with Crippen molar-refractivity contribution in [1.29, 1.82) is 0 Å². The Hall–Kier alpha value is -2.70. The summed E-state index contributed by atoms with van der Waals surface area (Å²) in [6.45, 7) is 4.11. The highest BCUT2D eigenvalue weighted by atomic mass is 16.5. The van der Waals surface area contributed by atoms with Crippen LogP contribution < -0.4 is 10.1 Å². The van der Waals surface area contributed by atoms with Crippen LogP contribution in [0.25, 0.3) is 5.65 Å². The van der Waals surface area contributed by atoms with Gasteiger partial charge in [0.05, 0.1) is 13.2 Å². The van der Waals surface area contributed by atoms with Crippen molar-refractivity contribution in [3.05, 3.63) is 41.5 Å². The van der Waals surface area contributed by atoms with Crippen LogP contribution in [0.2, 0.25) is 0 Å². The highest BCUT2D eigenvalue weighted by Crippen LogP contribution is 2.28. The number of nitrogens with zero attached hydrogens (tertiary/aromatic N) is 5. The summed E-state index contributed by atoms with van der Waals surface area (Å²) in [4.78, 5) is 0. The number of anilines is 1. The van der Waals surface area contributed by atoms with Gasteiger partial charge in [0.15, 0.2) is 5.65 Å². The van der Waals surface area contributed by atoms with E-state index in [0.717, 1.165) is 11.3 Å². The lowest BCUT2D eigenvalue weighted by molar-refractivity contribution is 0.407. The zero-order valence-corrected chi connectivity index (χ0v) is 12.1. The number of methoxy groups -OCH3 is 1. The Balaban J connectivity index is 1.88. The number of hydrogen-bond acceptors (Lipinski definition) is 6. The monoisotopic (exact) mass is 284 g/mol. The summed E-state index contributed by atoms with van der Waals surface area (Å²) in [5.41, 5.74) is 2.88. The van der Waals surface area contributed by atoms with Crippen molar-refractivity contribution >= 4 is 11.5 Å². The van der Waals surface area contributed by atoms with Crippen LogP contribution in [-0.4, -0.2) is 32.4 Å². The van der Waals surface area contributed by atoms with E-state index in [1.165, 1.54) is 10.2 Å². The maximum atomic E-state index is 5.42. The molecule has 3 rings (SSSR count). The summed E-state index contributed by atoms with van der Waals surface area (Å²) in [6, 6.07) is 9.81. The van der Waals surface area contributed by atoms with Gasteiger partial charge >= 0.3 is 0 Å². The standard InChI is InChI=1S/C14H16N6O/c1-9-4-5-12(21-3)11(8-9)10(2)15-13-6-7-14-16-18-19-20(14)17-13/h4-8,10H,1-3H3,(H,15,17). The minimum atomic E-state index is 0.0429. The van der Waals surface area contributed by atoms with E-state index in [1.54, 1.807) is 7.11 Å². The van der Waals surface area contributed by atoms with Crippen molar-refractivity contribution in [1.82, 2.24) is 25.3 Å². The third-order valence-corrected chi connectivity index (χ3v) is 3.29. The topological polar surface area (TPSA) is 77.2 Å². The van der Waals surface area contributed by atoms with Gasteiger partial charge in [0, 0.05) is 5.56 Å². The molecule has 0 spiro atoms. The van der Waals surface area contributed by atoms with Gasteiger partial charge in [-0.15, -0.1) is 14.8 Å². The molecule has 21 heavy (non-hydrogen) atoms. The molecule has 0 amide bonds. The van der Waals surface area contributed by atoms with E-state index in [1.807, 2.05) is 24.3 Å². The predicted molar refractivity (Wildman–Crippen MR) is 78.3 cm³/mol. The molecule has 1 atom stereocenters. The molecule has 0 saturated heterocycles. The van der Waals surface area contributed by atoms with Crippen molar-refractivity contribution in [2.75, 3.05) is 12.4 Å². The van der Waals surface area contributed by atoms with Crippen LogP contribution >= 0.6 is 0 Å². The Morgan fingerprint density at radius 1 is 1.24 bits per heavy atom. The summed E-state index contributed by atoms with van der Waals surface area (Å²) in [5.74, 6) is 1.55. The second-order valence-corrected chi connectivity index (χ2v) is 4.86. The lowest BCUT2D eigenvalue weighted by Gasteiger charge is -2.18. The number of aromatic nitrogens is 5. The third-order valence-electron chi connectivity index (χ3n) is 3.29. The Kier molecular flexibility index (Phi) is 3.39. The van der Waals surface area contributed by atoms with Gasteiger partial charge in [0.2, 0.25) is 0 Å². The van der Waals surface area contributed by atoms with Crippen molar-refractivity contribution in [3.8, 4) is 5.75 Å². The van der Waals surface area contributed by atoms with Crippen LogP contribution in [0.1, 0.15) is 24.1 Å². The SMILES string of the molecule is COc1ccc(C)cc1C(C)Nc1ccc2nnnn2n1. The van der Waals surface area contributed by atoms with Gasteiger partial charge in [-0.1, -0.05) is 17.7 Å². The van der Waals surface area contributed by atoms with Crippen LogP contribution in [0.15, 0.2) is 30.3 Å². The minimum Gasteiger partial charge on any atom is -0.496 e. The number of ether oxygens (including phenoxy) is 1. The fraction of sp³-hybridized carbons (Fsp3) is 0.286. The van der Waals surface area contributed by atoms with Crippen molar-refractivity contribution in [2.24, 2.45) is 0 Å². The maximum absolute atomic E-state index is 5.42. The summed E-state index contributed by atoms with van der Waals surface area (Å²) in [5, 5.41) is 18.8. The molecule has 1 N–H and O–H groups in total. The van der Waals surface area contributed by atoms with E-state index in [-0.39, 0.29) is 6.04 Å². The highest BCUT2D eigenvalue weighted by molar-refractivity contribution is 5.46. The van der Waals surface area contributed by atoms with E-state index in [4.69, 9.17) is 4.74 Å². The van der Waals surface area contributed by atoms with E-state index in [9.17, 15) is 0 Å². The highest BCUT2D eigenvalue weighted by Gasteiger charge is 2.12. The fourth-order valence-electron chi connectivity index (χ4n) is 2.22. The molecule has 7 nitrogen and oxygen atoms in total. The molecule has 0 aliphatic rings. The Labute approximate surface area is 121 Å². The minimum absolute atomic E-state index is 0.0429. The number of benzene rings is 1. The van der Waals surface area contributed by atoms with Gasteiger partial charge in [0.1, 0.15) is 11.6 Å². The van der Waals surface area contributed by atoms with Crippen molar-refractivity contribution in [2.45, 2.75) is 19.9 Å². The number of tetrazole rings is 1. The molecule has 0 bridgehead atoms. The van der Waals surface area contributed by atoms with Crippen LogP contribution in [0.3, 0.4) is 0 Å². The second kappa shape index (κ2) is 5.35. The quantitative estimate of drug-likeness (QED) is 0.789. The molecule has 108 valence electrons. The smallest absolute Gasteiger partial charge is 0.200 e. The van der Waals surface area contributed by atoms with Crippen LogP contribution in [0.5, 0.6) is 5.75 Å². The third kappa shape index (κ3) is 2.62. The zero-order valence-electron chi connectivity index (χ0n) is 12.1. The number of rotatable bonds is 4. The van der Waals surface area contributed by atoms with E-state index in [2.05, 4.69) is 45.9 Å². The van der Waals surface area contributed by atoms with E-state index in [0.29, 0.717) is 11.5 Å². The Bertz CT molecular complexity index is 769. The molecule has 2 aromatic heterocycles. The van der Waals surface area contributed by atoms with Crippen LogP contribution in [0, 0.1) is 6.92 Å². The van der Waals surface area contributed by atoms with Crippen molar-refractivity contribution in [3.63, 3.8) is 0 Å². The normalized spacial score (nSPS) is 12.3. The van der Waals surface area contributed by atoms with Crippen LogP contribution in [-0.2, 0) is 0 Å². The van der Waals surface area contributed by atoms with Crippen LogP contribution in [0.4, 0.5) is 5.82 Å². The molecule has 1 unspecified atom stereocenters. The van der Waals surface area contributed by atoms with Gasteiger partial charge in [-0.25, -0.2) is 0 Å². The average molecular weight is 284 g/mol. The van der Waals surface area contributed by atoms with Gasteiger partial charge in [-0.3, -0.25) is 0 Å². The predicted octanol–water partition coefficient (Wildman–Crippen LogP) is 2.01. The molecule has 3 aromatic rings. The Morgan fingerprint density at radius 3 is 2.90 bits per heavy atom. The average Bonchev–Trinajstić information content (AvgIpc) is 2.94. The van der Waals surface area contributed by atoms with E-state index < -0.39 is 0 Å².